The molecule has 0 aromatic carbocycles. The van der Waals surface area contributed by atoms with Crippen LogP contribution in [0.1, 0.15) is 50.9 Å². The first-order chi connectivity index (χ1) is 9.42. The Morgan fingerprint density at radius 1 is 1.40 bits per heavy atom. The summed E-state index contributed by atoms with van der Waals surface area (Å²) in [7, 11) is 0. The van der Waals surface area contributed by atoms with Crippen molar-refractivity contribution in [1.29, 1.82) is 0 Å². The molecule has 1 rings (SSSR count). The summed E-state index contributed by atoms with van der Waals surface area (Å²) in [4.78, 5) is 17.7. The molecule has 1 N–H and O–H groups in total. The Bertz CT molecular complexity index is 459. The second kappa shape index (κ2) is 7.48. The predicted octanol–water partition coefficient (Wildman–Crippen LogP) is 4.08. The molecule has 0 radical (unpaired) electrons. The number of nitrogens with zero attached hydrogens (tertiary/aromatic N) is 2. The van der Waals surface area contributed by atoms with E-state index >= 15 is 0 Å². The number of hydrogen-bond donors (Lipinski definition) is 1. The lowest BCUT2D eigenvalue weighted by molar-refractivity contribution is 0.0697. The van der Waals surface area contributed by atoms with Crippen LogP contribution >= 0.6 is 11.6 Å². The van der Waals surface area contributed by atoms with Crippen LogP contribution in [-0.4, -0.2) is 28.6 Å². The first-order valence-corrected chi connectivity index (χ1v) is 7.44. The highest BCUT2D eigenvalue weighted by atomic mass is 35.5. The molecule has 5 heteroatoms. The van der Waals surface area contributed by atoms with Gasteiger partial charge in [0.25, 0.3) is 0 Å². The van der Waals surface area contributed by atoms with Crippen molar-refractivity contribution in [2.75, 3.05) is 11.4 Å². The molecular formula is C15H23ClN2O2. The molecule has 112 valence electrons. The average molecular weight is 299 g/mol. The first-order valence-electron chi connectivity index (χ1n) is 7.06. The Labute approximate surface area is 125 Å². The number of hydrogen-bond acceptors (Lipinski definition) is 3. The fourth-order valence-corrected chi connectivity index (χ4v) is 2.63. The molecule has 0 saturated heterocycles. The van der Waals surface area contributed by atoms with Gasteiger partial charge in [0.1, 0.15) is 5.82 Å². The summed E-state index contributed by atoms with van der Waals surface area (Å²) in [5.41, 5.74) is 0.108. The standard InChI is InChI=1S/C15H23ClN2O2/c1-5-11(6-2)18(9-10(3)4)14-13(16)12(15(19)20)7-8-17-14/h7-8,10-11H,5-6,9H2,1-4H3,(H,19,20). The fourth-order valence-electron chi connectivity index (χ4n) is 2.33. The summed E-state index contributed by atoms with van der Waals surface area (Å²) in [5.74, 6) is 0.00334. The lowest BCUT2D eigenvalue weighted by Crippen LogP contribution is -2.38. The predicted molar refractivity (Wildman–Crippen MR) is 82.8 cm³/mol. The van der Waals surface area contributed by atoms with E-state index in [-0.39, 0.29) is 10.6 Å². The zero-order valence-corrected chi connectivity index (χ0v) is 13.3. The van der Waals surface area contributed by atoms with E-state index in [0.29, 0.717) is 17.8 Å². The van der Waals surface area contributed by atoms with Gasteiger partial charge in [0, 0.05) is 18.8 Å². The molecule has 1 aromatic heterocycles. The Hall–Kier alpha value is -1.29. The molecule has 1 heterocycles. The lowest BCUT2D eigenvalue weighted by atomic mass is 10.1. The Morgan fingerprint density at radius 3 is 2.45 bits per heavy atom. The first kappa shape index (κ1) is 16.8. The maximum Gasteiger partial charge on any atom is 0.337 e. The van der Waals surface area contributed by atoms with Gasteiger partial charge < -0.3 is 10.0 Å². The van der Waals surface area contributed by atoms with Gasteiger partial charge in [0.15, 0.2) is 0 Å². The minimum Gasteiger partial charge on any atom is -0.478 e. The SMILES string of the molecule is CCC(CC)N(CC(C)C)c1nccc(C(=O)O)c1Cl. The zero-order chi connectivity index (χ0) is 15.3. The average Bonchev–Trinajstić information content (AvgIpc) is 2.38. The van der Waals surface area contributed by atoms with Crippen molar-refractivity contribution >= 4 is 23.4 Å². The van der Waals surface area contributed by atoms with E-state index in [1.165, 1.54) is 12.3 Å². The van der Waals surface area contributed by atoms with Crippen LogP contribution in [0.3, 0.4) is 0 Å². The van der Waals surface area contributed by atoms with Crippen molar-refractivity contribution in [2.24, 2.45) is 5.92 Å². The minimum atomic E-state index is -1.02. The van der Waals surface area contributed by atoms with Gasteiger partial charge in [-0.15, -0.1) is 0 Å². The van der Waals surface area contributed by atoms with Gasteiger partial charge in [-0.05, 0) is 24.8 Å². The number of carbonyl (C=O) groups is 1. The van der Waals surface area contributed by atoms with Crippen LogP contribution in [0.4, 0.5) is 5.82 Å². The smallest absolute Gasteiger partial charge is 0.337 e. The lowest BCUT2D eigenvalue weighted by Gasteiger charge is -2.33. The van der Waals surface area contributed by atoms with Gasteiger partial charge in [-0.1, -0.05) is 39.3 Å². The largest absolute Gasteiger partial charge is 0.478 e. The van der Waals surface area contributed by atoms with E-state index < -0.39 is 5.97 Å². The van der Waals surface area contributed by atoms with Crippen molar-refractivity contribution in [3.05, 3.63) is 22.8 Å². The van der Waals surface area contributed by atoms with Gasteiger partial charge >= 0.3 is 5.97 Å². The molecule has 20 heavy (non-hydrogen) atoms. The third kappa shape index (κ3) is 3.85. The number of aromatic carboxylic acids is 1. The molecule has 0 atom stereocenters. The molecule has 0 aliphatic rings. The molecule has 0 unspecified atom stereocenters. The fraction of sp³-hybridized carbons (Fsp3) is 0.600. The van der Waals surface area contributed by atoms with Crippen molar-refractivity contribution in [3.8, 4) is 0 Å². The van der Waals surface area contributed by atoms with Crippen molar-refractivity contribution < 1.29 is 9.90 Å². The summed E-state index contributed by atoms with van der Waals surface area (Å²) in [6.07, 6.45) is 3.46. The number of halogens is 1. The van der Waals surface area contributed by atoms with E-state index in [4.69, 9.17) is 11.6 Å². The Kier molecular flexibility index (Phi) is 6.27. The maximum atomic E-state index is 11.2. The summed E-state index contributed by atoms with van der Waals surface area (Å²) in [6, 6.07) is 1.75. The van der Waals surface area contributed by atoms with E-state index in [9.17, 15) is 9.90 Å². The topological polar surface area (TPSA) is 53.4 Å². The van der Waals surface area contributed by atoms with Crippen molar-refractivity contribution in [3.63, 3.8) is 0 Å². The molecule has 0 saturated carbocycles. The molecule has 0 bridgehead atoms. The van der Waals surface area contributed by atoms with E-state index in [1.54, 1.807) is 0 Å². The van der Waals surface area contributed by atoms with Gasteiger partial charge in [-0.3, -0.25) is 0 Å². The van der Waals surface area contributed by atoms with Crippen LogP contribution < -0.4 is 4.90 Å². The monoisotopic (exact) mass is 298 g/mol. The normalized spacial score (nSPS) is 11.2. The maximum absolute atomic E-state index is 11.2. The molecule has 0 spiro atoms. The van der Waals surface area contributed by atoms with Crippen molar-refractivity contribution in [1.82, 2.24) is 4.98 Å². The van der Waals surface area contributed by atoms with Crippen LogP contribution in [0.5, 0.6) is 0 Å². The van der Waals surface area contributed by atoms with Gasteiger partial charge in [0.05, 0.1) is 10.6 Å². The van der Waals surface area contributed by atoms with E-state index in [0.717, 1.165) is 19.4 Å². The second-order valence-electron chi connectivity index (χ2n) is 5.32. The number of carboxylic acid groups (broad SMARTS) is 1. The summed E-state index contributed by atoms with van der Waals surface area (Å²) in [5, 5.41) is 9.41. The van der Waals surface area contributed by atoms with E-state index in [1.807, 2.05) is 0 Å². The summed E-state index contributed by atoms with van der Waals surface area (Å²) >= 11 is 6.25. The van der Waals surface area contributed by atoms with Gasteiger partial charge in [0.2, 0.25) is 0 Å². The van der Waals surface area contributed by atoms with E-state index in [2.05, 4.69) is 37.6 Å². The molecule has 0 aliphatic carbocycles. The van der Waals surface area contributed by atoms with Crippen molar-refractivity contribution in [2.45, 2.75) is 46.6 Å². The second-order valence-corrected chi connectivity index (χ2v) is 5.70. The number of pyridine rings is 1. The van der Waals surface area contributed by atoms with Crippen LogP contribution in [0.25, 0.3) is 0 Å². The molecule has 4 nitrogen and oxygen atoms in total. The van der Waals surface area contributed by atoms with Crippen LogP contribution in [0, 0.1) is 5.92 Å². The summed E-state index contributed by atoms with van der Waals surface area (Å²) < 4.78 is 0. The molecular weight excluding hydrogens is 276 g/mol. The number of carboxylic acids is 1. The summed E-state index contributed by atoms with van der Waals surface area (Å²) in [6.45, 7) is 9.31. The Morgan fingerprint density at radius 2 is 2.00 bits per heavy atom. The van der Waals surface area contributed by atoms with Gasteiger partial charge in [-0.25, -0.2) is 9.78 Å². The third-order valence-corrected chi connectivity index (χ3v) is 3.69. The van der Waals surface area contributed by atoms with Crippen LogP contribution in [0.2, 0.25) is 5.02 Å². The number of rotatable bonds is 7. The molecule has 0 amide bonds. The number of anilines is 1. The van der Waals surface area contributed by atoms with Crippen LogP contribution in [-0.2, 0) is 0 Å². The zero-order valence-electron chi connectivity index (χ0n) is 12.6. The highest BCUT2D eigenvalue weighted by Crippen LogP contribution is 2.30. The molecule has 0 aliphatic heterocycles. The van der Waals surface area contributed by atoms with Gasteiger partial charge in [-0.2, -0.15) is 0 Å². The highest BCUT2D eigenvalue weighted by molar-refractivity contribution is 6.35. The quantitative estimate of drug-likeness (QED) is 0.824. The Balaban J connectivity index is 3.26. The molecule has 0 fully saturated rings. The minimum absolute atomic E-state index is 0.108. The third-order valence-electron chi connectivity index (χ3n) is 3.32. The van der Waals surface area contributed by atoms with Crippen LogP contribution in [0.15, 0.2) is 12.3 Å². The number of aromatic nitrogens is 1. The highest BCUT2D eigenvalue weighted by Gasteiger charge is 2.23. The molecule has 1 aromatic rings.